The van der Waals surface area contributed by atoms with Gasteiger partial charge in [0.1, 0.15) is 4.88 Å². The zero-order valence-electron chi connectivity index (χ0n) is 9.69. The van der Waals surface area contributed by atoms with Crippen LogP contribution in [0.3, 0.4) is 0 Å². The van der Waals surface area contributed by atoms with E-state index in [1.165, 1.54) is 11.3 Å². The van der Waals surface area contributed by atoms with Crippen LogP contribution >= 0.6 is 23.1 Å². The minimum atomic E-state index is -0.485. The van der Waals surface area contributed by atoms with Crippen LogP contribution in [0.15, 0.2) is 16.3 Å². The largest absolute Gasteiger partial charge is 0.391 e. The van der Waals surface area contributed by atoms with Crippen molar-refractivity contribution in [2.45, 2.75) is 24.8 Å². The molecule has 0 aliphatic carbocycles. The van der Waals surface area contributed by atoms with E-state index in [1.807, 2.05) is 31.5 Å². The molecule has 1 unspecified atom stereocenters. The van der Waals surface area contributed by atoms with Crippen molar-refractivity contribution in [1.82, 2.24) is 5.32 Å². The number of rotatable bonds is 5. The van der Waals surface area contributed by atoms with E-state index in [1.54, 1.807) is 11.8 Å². The number of hydrogen-bond donors (Lipinski definition) is 2. The summed E-state index contributed by atoms with van der Waals surface area (Å²) in [5.41, 5.74) is 0. The number of thioether (sulfide) groups is 1. The van der Waals surface area contributed by atoms with Crippen LogP contribution in [-0.4, -0.2) is 29.9 Å². The molecule has 0 fully saturated rings. The molecule has 1 atom stereocenters. The van der Waals surface area contributed by atoms with Gasteiger partial charge in [-0.25, -0.2) is 0 Å². The van der Waals surface area contributed by atoms with Gasteiger partial charge in [-0.2, -0.15) is 0 Å². The molecule has 2 N–H and O–H groups in total. The molecule has 3 nitrogen and oxygen atoms in total. The minimum Gasteiger partial charge on any atom is -0.391 e. The summed E-state index contributed by atoms with van der Waals surface area (Å²) in [5.74, 6) is 0.0581. The summed E-state index contributed by atoms with van der Waals surface area (Å²) in [6, 6.07) is 1.93. The maximum Gasteiger partial charge on any atom is 0.262 e. The quantitative estimate of drug-likeness (QED) is 0.797. The second-order valence-corrected chi connectivity index (χ2v) is 5.60. The fraction of sp³-hybridized carbons (Fsp3) is 0.545. The predicted molar refractivity (Wildman–Crippen MR) is 69.3 cm³/mol. The molecule has 16 heavy (non-hydrogen) atoms. The predicted octanol–water partition coefficient (Wildman–Crippen LogP) is 2.22. The molecule has 1 aromatic heterocycles. The van der Waals surface area contributed by atoms with E-state index in [2.05, 4.69) is 5.32 Å². The van der Waals surface area contributed by atoms with Crippen molar-refractivity contribution in [2.24, 2.45) is 5.92 Å². The molecule has 0 aromatic carbocycles. The highest BCUT2D eigenvalue weighted by atomic mass is 32.2. The van der Waals surface area contributed by atoms with Crippen molar-refractivity contribution in [3.63, 3.8) is 0 Å². The molecule has 0 saturated carbocycles. The second kappa shape index (κ2) is 6.27. The lowest BCUT2D eigenvalue weighted by molar-refractivity contribution is 0.0873. The van der Waals surface area contributed by atoms with Crippen molar-refractivity contribution in [3.05, 3.63) is 16.3 Å². The molecule has 0 spiro atoms. The zero-order chi connectivity index (χ0) is 12.1. The van der Waals surface area contributed by atoms with E-state index in [9.17, 15) is 9.90 Å². The molecule has 1 aromatic rings. The van der Waals surface area contributed by atoms with E-state index in [0.29, 0.717) is 6.54 Å². The Kier molecular flexibility index (Phi) is 5.31. The summed E-state index contributed by atoms with van der Waals surface area (Å²) < 4.78 is 0. The number of thiophene rings is 1. The Hall–Kier alpha value is -0.520. The lowest BCUT2D eigenvalue weighted by Gasteiger charge is -2.14. The standard InChI is InChI=1S/C11H17NO2S2/c1-7(2)8(13)6-12-11(14)10-9(15-3)4-5-16-10/h4-5,7-8,13H,6H2,1-3H3,(H,12,14). The van der Waals surface area contributed by atoms with Crippen molar-refractivity contribution >= 4 is 29.0 Å². The highest BCUT2D eigenvalue weighted by Crippen LogP contribution is 2.25. The normalized spacial score (nSPS) is 12.8. The summed E-state index contributed by atoms with van der Waals surface area (Å²) in [6.07, 6.45) is 1.46. The van der Waals surface area contributed by atoms with Gasteiger partial charge < -0.3 is 10.4 Å². The molecule has 0 radical (unpaired) electrons. The Morgan fingerprint density at radius 3 is 2.88 bits per heavy atom. The number of carbonyl (C=O) groups is 1. The van der Waals surface area contributed by atoms with Crippen LogP contribution < -0.4 is 5.32 Å². The Bertz CT molecular complexity index is 350. The molecular weight excluding hydrogens is 242 g/mol. The van der Waals surface area contributed by atoms with Crippen LogP contribution in [0, 0.1) is 5.92 Å². The molecule has 90 valence electrons. The van der Waals surface area contributed by atoms with Gasteiger partial charge in [-0.05, 0) is 23.6 Å². The third-order valence-corrected chi connectivity index (χ3v) is 4.12. The highest BCUT2D eigenvalue weighted by molar-refractivity contribution is 7.98. The summed E-state index contributed by atoms with van der Waals surface area (Å²) in [6.45, 7) is 4.16. The van der Waals surface area contributed by atoms with Gasteiger partial charge in [-0.1, -0.05) is 13.8 Å². The van der Waals surface area contributed by atoms with Gasteiger partial charge in [0.25, 0.3) is 5.91 Å². The van der Waals surface area contributed by atoms with Gasteiger partial charge in [0.15, 0.2) is 0 Å². The lowest BCUT2D eigenvalue weighted by atomic mass is 10.1. The van der Waals surface area contributed by atoms with Crippen LogP contribution in [0.5, 0.6) is 0 Å². The summed E-state index contributed by atoms with van der Waals surface area (Å²) >= 11 is 2.99. The van der Waals surface area contributed by atoms with Crippen LogP contribution in [0.2, 0.25) is 0 Å². The topological polar surface area (TPSA) is 49.3 Å². The van der Waals surface area contributed by atoms with Crippen molar-refractivity contribution in [1.29, 1.82) is 0 Å². The van der Waals surface area contributed by atoms with Gasteiger partial charge in [0.2, 0.25) is 0 Å². The average molecular weight is 259 g/mol. The first-order valence-electron chi connectivity index (χ1n) is 5.14. The Balaban J connectivity index is 2.53. The smallest absolute Gasteiger partial charge is 0.262 e. The number of aliphatic hydroxyl groups excluding tert-OH is 1. The summed E-state index contributed by atoms with van der Waals surface area (Å²) in [4.78, 5) is 13.5. The van der Waals surface area contributed by atoms with Crippen molar-refractivity contribution in [3.8, 4) is 0 Å². The van der Waals surface area contributed by atoms with Crippen LogP contribution in [0.1, 0.15) is 23.5 Å². The van der Waals surface area contributed by atoms with Gasteiger partial charge in [0.05, 0.1) is 6.10 Å². The van der Waals surface area contributed by atoms with Gasteiger partial charge in [-0.15, -0.1) is 23.1 Å². The maximum atomic E-state index is 11.8. The third kappa shape index (κ3) is 3.50. The number of carbonyl (C=O) groups excluding carboxylic acids is 1. The number of aliphatic hydroxyl groups is 1. The fourth-order valence-corrected chi connectivity index (χ4v) is 2.80. The maximum absolute atomic E-state index is 11.8. The first-order valence-corrected chi connectivity index (χ1v) is 7.24. The molecule has 0 aliphatic rings. The van der Waals surface area contributed by atoms with E-state index in [-0.39, 0.29) is 11.8 Å². The first kappa shape index (κ1) is 13.5. The molecule has 1 rings (SSSR count). The zero-order valence-corrected chi connectivity index (χ0v) is 11.3. The Morgan fingerprint density at radius 1 is 1.62 bits per heavy atom. The molecule has 1 amide bonds. The van der Waals surface area contributed by atoms with Crippen LogP contribution in [-0.2, 0) is 0 Å². The second-order valence-electron chi connectivity index (χ2n) is 3.84. The monoisotopic (exact) mass is 259 g/mol. The molecule has 5 heteroatoms. The Labute approximate surface area is 104 Å². The molecule has 0 bridgehead atoms. The number of amides is 1. The lowest BCUT2D eigenvalue weighted by Crippen LogP contribution is -2.34. The fourth-order valence-electron chi connectivity index (χ4n) is 1.14. The molecule has 0 aliphatic heterocycles. The van der Waals surface area contributed by atoms with Gasteiger partial charge >= 0.3 is 0 Å². The van der Waals surface area contributed by atoms with E-state index < -0.39 is 6.10 Å². The summed E-state index contributed by atoms with van der Waals surface area (Å²) in [7, 11) is 0. The SMILES string of the molecule is CSc1ccsc1C(=O)NCC(O)C(C)C. The minimum absolute atomic E-state index is 0.0981. The van der Waals surface area contributed by atoms with Gasteiger partial charge in [-0.3, -0.25) is 4.79 Å². The van der Waals surface area contributed by atoms with Gasteiger partial charge in [0, 0.05) is 11.4 Å². The third-order valence-electron chi connectivity index (χ3n) is 2.30. The van der Waals surface area contributed by atoms with Crippen molar-refractivity contribution < 1.29 is 9.90 Å². The average Bonchev–Trinajstić information content (AvgIpc) is 2.73. The van der Waals surface area contributed by atoms with Crippen LogP contribution in [0.25, 0.3) is 0 Å². The molecule has 0 saturated heterocycles. The molecule has 1 heterocycles. The Morgan fingerprint density at radius 2 is 2.31 bits per heavy atom. The number of hydrogen-bond acceptors (Lipinski definition) is 4. The number of nitrogens with one attached hydrogen (secondary N) is 1. The molecular formula is C11H17NO2S2. The first-order chi connectivity index (χ1) is 7.56. The van der Waals surface area contributed by atoms with E-state index in [4.69, 9.17) is 0 Å². The van der Waals surface area contributed by atoms with Crippen molar-refractivity contribution in [2.75, 3.05) is 12.8 Å². The summed E-state index contributed by atoms with van der Waals surface area (Å²) in [5, 5.41) is 14.2. The van der Waals surface area contributed by atoms with Crippen LogP contribution in [0.4, 0.5) is 0 Å². The van der Waals surface area contributed by atoms with E-state index >= 15 is 0 Å². The van der Waals surface area contributed by atoms with E-state index in [0.717, 1.165) is 9.77 Å². The highest BCUT2D eigenvalue weighted by Gasteiger charge is 2.15.